The average molecular weight is 233 g/mol. The lowest BCUT2D eigenvalue weighted by Gasteiger charge is -2.17. The molecule has 1 fully saturated rings. The molecule has 1 aromatic rings. The fraction of sp³-hybridized carbons (Fsp3) is 0.600. The lowest BCUT2D eigenvalue weighted by atomic mass is 10.0. The third-order valence-corrected chi connectivity index (χ3v) is 3.89. The van der Waals surface area contributed by atoms with Gasteiger partial charge in [-0.3, -0.25) is 0 Å². The van der Waals surface area contributed by atoms with E-state index in [0.29, 0.717) is 11.8 Å². The van der Waals surface area contributed by atoms with Crippen molar-refractivity contribution in [3.8, 4) is 5.75 Å². The standard InChI is InChI=1S/C15H23NO/c1-11-6-7-13(8-11)10-16-12(2)14-4-3-5-15(17)9-14/h3-5,9,11-13,16-17H,6-8,10H2,1-2H3. The first-order chi connectivity index (χ1) is 8.15. The van der Waals surface area contributed by atoms with E-state index >= 15 is 0 Å². The molecular formula is C15H23NO. The van der Waals surface area contributed by atoms with Gasteiger partial charge in [0.05, 0.1) is 0 Å². The first kappa shape index (κ1) is 12.4. The molecule has 0 amide bonds. The van der Waals surface area contributed by atoms with Crippen molar-refractivity contribution in [3.63, 3.8) is 0 Å². The molecule has 0 heterocycles. The van der Waals surface area contributed by atoms with Crippen LogP contribution in [0.5, 0.6) is 5.75 Å². The molecule has 1 saturated carbocycles. The molecule has 0 saturated heterocycles. The van der Waals surface area contributed by atoms with Gasteiger partial charge < -0.3 is 10.4 Å². The summed E-state index contributed by atoms with van der Waals surface area (Å²) in [7, 11) is 0. The Kier molecular flexibility index (Phi) is 4.06. The Morgan fingerprint density at radius 2 is 2.24 bits per heavy atom. The van der Waals surface area contributed by atoms with Crippen LogP contribution in [0, 0.1) is 11.8 Å². The van der Waals surface area contributed by atoms with Gasteiger partial charge in [0.15, 0.2) is 0 Å². The minimum Gasteiger partial charge on any atom is -0.508 e. The van der Waals surface area contributed by atoms with E-state index in [1.165, 1.54) is 19.3 Å². The number of phenolic OH excluding ortho intramolecular Hbond substituents is 1. The summed E-state index contributed by atoms with van der Waals surface area (Å²) in [6, 6.07) is 7.84. The molecule has 3 atom stereocenters. The minimum atomic E-state index is 0.318. The first-order valence-electron chi connectivity index (χ1n) is 6.67. The zero-order valence-electron chi connectivity index (χ0n) is 10.8. The molecule has 94 valence electrons. The number of phenols is 1. The SMILES string of the molecule is CC1CCC(CNC(C)c2cccc(O)c2)C1. The molecule has 1 aliphatic carbocycles. The molecule has 0 spiro atoms. The van der Waals surface area contributed by atoms with Crippen LogP contribution in [0.15, 0.2) is 24.3 Å². The van der Waals surface area contributed by atoms with Gasteiger partial charge in [0, 0.05) is 6.04 Å². The molecule has 17 heavy (non-hydrogen) atoms. The normalized spacial score (nSPS) is 26.0. The number of benzene rings is 1. The molecule has 2 rings (SSSR count). The highest BCUT2D eigenvalue weighted by Crippen LogP contribution is 2.30. The van der Waals surface area contributed by atoms with Crippen molar-refractivity contribution in [2.24, 2.45) is 11.8 Å². The van der Waals surface area contributed by atoms with Crippen LogP contribution in [0.25, 0.3) is 0 Å². The van der Waals surface area contributed by atoms with E-state index in [9.17, 15) is 5.11 Å². The van der Waals surface area contributed by atoms with Crippen molar-refractivity contribution in [1.29, 1.82) is 0 Å². The molecule has 0 aliphatic heterocycles. The van der Waals surface area contributed by atoms with Crippen LogP contribution < -0.4 is 5.32 Å². The quantitative estimate of drug-likeness (QED) is 0.834. The molecule has 0 bridgehead atoms. The van der Waals surface area contributed by atoms with Crippen molar-refractivity contribution >= 4 is 0 Å². The Balaban J connectivity index is 1.83. The van der Waals surface area contributed by atoms with E-state index in [4.69, 9.17) is 0 Å². The van der Waals surface area contributed by atoms with Crippen molar-refractivity contribution in [3.05, 3.63) is 29.8 Å². The zero-order valence-corrected chi connectivity index (χ0v) is 10.8. The second-order valence-electron chi connectivity index (χ2n) is 5.51. The fourth-order valence-corrected chi connectivity index (χ4v) is 2.77. The Labute approximate surface area is 104 Å². The van der Waals surface area contributed by atoms with Crippen LogP contribution in [-0.4, -0.2) is 11.7 Å². The van der Waals surface area contributed by atoms with E-state index in [-0.39, 0.29) is 0 Å². The summed E-state index contributed by atoms with van der Waals surface area (Å²) in [6.07, 6.45) is 4.10. The largest absolute Gasteiger partial charge is 0.508 e. The highest BCUT2D eigenvalue weighted by Gasteiger charge is 2.21. The molecule has 1 aliphatic rings. The lowest BCUT2D eigenvalue weighted by molar-refractivity contribution is 0.437. The molecule has 2 nitrogen and oxygen atoms in total. The maximum atomic E-state index is 9.45. The predicted molar refractivity (Wildman–Crippen MR) is 71.0 cm³/mol. The molecule has 3 unspecified atom stereocenters. The average Bonchev–Trinajstić information content (AvgIpc) is 2.72. The Morgan fingerprint density at radius 3 is 2.88 bits per heavy atom. The third-order valence-electron chi connectivity index (χ3n) is 3.89. The number of nitrogens with one attached hydrogen (secondary N) is 1. The van der Waals surface area contributed by atoms with E-state index < -0.39 is 0 Å². The monoisotopic (exact) mass is 233 g/mol. The lowest BCUT2D eigenvalue weighted by Crippen LogP contribution is -2.24. The fourth-order valence-electron chi connectivity index (χ4n) is 2.77. The van der Waals surface area contributed by atoms with Crippen LogP contribution in [-0.2, 0) is 0 Å². The van der Waals surface area contributed by atoms with Crippen LogP contribution in [0.3, 0.4) is 0 Å². The van der Waals surface area contributed by atoms with Gasteiger partial charge in [-0.15, -0.1) is 0 Å². The van der Waals surface area contributed by atoms with Gasteiger partial charge in [-0.05, 0) is 55.8 Å². The Bertz CT molecular complexity index is 364. The smallest absolute Gasteiger partial charge is 0.115 e. The second kappa shape index (κ2) is 5.54. The van der Waals surface area contributed by atoms with E-state index in [0.717, 1.165) is 23.9 Å². The summed E-state index contributed by atoms with van der Waals surface area (Å²) in [4.78, 5) is 0. The maximum absolute atomic E-state index is 9.45. The van der Waals surface area contributed by atoms with Crippen LogP contribution >= 0.6 is 0 Å². The van der Waals surface area contributed by atoms with Gasteiger partial charge in [-0.25, -0.2) is 0 Å². The second-order valence-corrected chi connectivity index (χ2v) is 5.51. The molecule has 0 aromatic heterocycles. The Hall–Kier alpha value is -1.02. The van der Waals surface area contributed by atoms with Crippen molar-refractivity contribution in [1.82, 2.24) is 5.32 Å². The number of hydrogen-bond acceptors (Lipinski definition) is 2. The van der Waals surface area contributed by atoms with Gasteiger partial charge in [-0.1, -0.05) is 25.5 Å². The summed E-state index contributed by atoms with van der Waals surface area (Å²) in [6.45, 7) is 5.60. The molecular weight excluding hydrogens is 210 g/mol. The molecule has 0 radical (unpaired) electrons. The summed E-state index contributed by atoms with van der Waals surface area (Å²) >= 11 is 0. The molecule has 2 heteroatoms. The summed E-state index contributed by atoms with van der Waals surface area (Å²) in [5.74, 6) is 2.09. The van der Waals surface area contributed by atoms with Crippen molar-refractivity contribution < 1.29 is 5.11 Å². The first-order valence-corrected chi connectivity index (χ1v) is 6.67. The third kappa shape index (κ3) is 3.47. The number of aromatic hydroxyl groups is 1. The van der Waals surface area contributed by atoms with Crippen LogP contribution in [0.1, 0.15) is 44.7 Å². The predicted octanol–water partition coefficient (Wildman–Crippen LogP) is 3.48. The van der Waals surface area contributed by atoms with Crippen LogP contribution in [0.2, 0.25) is 0 Å². The van der Waals surface area contributed by atoms with Crippen LogP contribution in [0.4, 0.5) is 0 Å². The number of rotatable bonds is 4. The van der Waals surface area contributed by atoms with Gasteiger partial charge in [0.1, 0.15) is 5.75 Å². The topological polar surface area (TPSA) is 32.3 Å². The van der Waals surface area contributed by atoms with E-state index in [1.807, 2.05) is 12.1 Å². The van der Waals surface area contributed by atoms with Crippen molar-refractivity contribution in [2.75, 3.05) is 6.54 Å². The highest BCUT2D eigenvalue weighted by molar-refractivity contribution is 5.28. The molecule has 2 N–H and O–H groups in total. The zero-order chi connectivity index (χ0) is 12.3. The number of hydrogen-bond donors (Lipinski definition) is 2. The molecule has 1 aromatic carbocycles. The Morgan fingerprint density at radius 1 is 1.41 bits per heavy atom. The highest BCUT2D eigenvalue weighted by atomic mass is 16.3. The van der Waals surface area contributed by atoms with E-state index in [2.05, 4.69) is 25.2 Å². The van der Waals surface area contributed by atoms with E-state index in [1.54, 1.807) is 6.07 Å². The summed E-state index contributed by atoms with van der Waals surface area (Å²) < 4.78 is 0. The van der Waals surface area contributed by atoms with Gasteiger partial charge in [-0.2, -0.15) is 0 Å². The summed E-state index contributed by atoms with van der Waals surface area (Å²) in [5.41, 5.74) is 1.16. The van der Waals surface area contributed by atoms with Gasteiger partial charge in [0.25, 0.3) is 0 Å². The van der Waals surface area contributed by atoms with Gasteiger partial charge >= 0.3 is 0 Å². The van der Waals surface area contributed by atoms with Crippen molar-refractivity contribution in [2.45, 2.75) is 39.2 Å². The van der Waals surface area contributed by atoms with Gasteiger partial charge in [0.2, 0.25) is 0 Å². The minimum absolute atomic E-state index is 0.318. The maximum Gasteiger partial charge on any atom is 0.115 e. The summed E-state index contributed by atoms with van der Waals surface area (Å²) in [5, 5.41) is 13.0.